The van der Waals surface area contributed by atoms with Crippen LogP contribution in [0.15, 0.2) is 70.5 Å². The summed E-state index contributed by atoms with van der Waals surface area (Å²) in [5.74, 6) is 0.532. The van der Waals surface area contributed by atoms with Gasteiger partial charge in [0.25, 0.3) is 5.56 Å². The van der Waals surface area contributed by atoms with Gasteiger partial charge >= 0.3 is 5.69 Å². The maximum atomic E-state index is 13.1. The Morgan fingerprint density at radius 1 is 1.00 bits per heavy atom. The van der Waals surface area contributed by atoms with E-state index in [1.165, 1.54) is 9.13 Å². The second-order valence-corrected chi connectivity index (χ2v) is 6.37. The Morgan fingerprint density at radius 2 is 1.71 bits per heavy atom. The van der Waals surface area contributed by atoms with Gasteiger partial charge in [0.1, 0.15) is 5.75 Å². The normalized spacial score (nSPS) is 11.1. The minimum atomic E-state index is -0.436. The van der Waals surface area contributed by atoms with Gasteiger partial charge in [-0.05, 0) is 24.6 Å². The van der Waals surface area contributed by atoms with Crippen molar-refractivity contribution >= 4 is 11.2 Å². The molecule has 0 fully saturated rings. The van der Waals surface area contributed by atoms with Gasteiger partial charge in [-0.25, -0.2) is 14.3 Å². The zero-order valence-electron chi connectivity index (χ0n) is 15.7. The summed E-state index contributed by atoms with van der Waals surface area (Å²) < 4.78 is 9.88. The molecule has 0 N–H and O–H groups in total. The van der Waals surface area contributed by atoms with Crippen molar-refractivity contribution in [1.29, 1.82) is 0 Å². The van der Waals surface area contributed by atoms with Crippen LogP contribution in [0.25, 0.3) is 16.9 Å². The number of aromatic nitrogens is 4. The zero-order chi connectivity index (χ0) is 19.7. The number of hydrogen-bond acceptors (Lipinski definition) is 4. The molecule has 0 aliphatic rings. The highest BCUT2D eigenvalue weighted by molar-refractivity contribution is 5.73. The highest BCUT2D eigenvalue weighted by Crippen LogP contribution is 2.23. The van der Waals surface area contributed by atoms with Crippen molar-refractivity contribution in [3.05, 3.63) is 87.3 Å². The van der Waals surface area contributed by atoms with E-state index in [4.69, 9.17) is 4.74 Å². The maximum Gasteiger partial charge on any atom is 0.337 e. The van der Waals surface area contributed by atoms with Crippen molar-refractivity contribution in [2.45, 2.75) is 20.0 Å². The van der Waals surface area contributed by atoms with Crippen LogP contribution in [0.1, 0.15) is 12.5 Å². The molecule has 0 unspecified atom stereocenters. The number of hydrogen-bond donors (Lipinski definition) is 0. The van der Waals surface area contributed by atoms with Gasteiger partial charge in [-0.2, -0.15) is 0 Å². The summed E-state index contributed by atoms with van der Waals surface area (Å²) in [6.45, 7) is 2.53. The second kappa shape index (κ2) is 7.19. The van der Waals surface area contributed by atoms with Crippen molar-refractivity contribution < 1.29 is 4.74 Å². The fourth-order valence-corrected chi connectivity index (χ4v) is 3.39. The van der Waals surface area contributed by atoms with Crippen molar-refractivity contribution in [2.24, 2.45) is 0 Å². The fraction of sp³-hybridized carbons (Fsp3) is 0.190. The summed E-state index contributed by atoms with van der Waals surface area (Å²) in [6, 6.07) is 17.0. The van der Waals surface area contributed by atoms with E-state index in [9.17, 15) is 9.59 Å². The first-order valence-electron chi connectivity index (χ1n) is 9.03. The Bertz CT molecular complexity index is 1250. The third-order valence-electron chi connectivity index (χ3n) is 4.74. The molecule has 7 nitrogen and oxygen atoms in total. The van der Waals surface area contributed by atoms with Gasteiger partial charge in [0.15, 0.2) is 11.2 Å². The second-order valence-electron chi connectivity index (χ2n) is 6.37. The van der Waals surface area contributed by atoms with Crippen molar-refractivity contribution in [3.63, 3.8) is 0 Å². The number of methoxy groups -OCH3 is 1. The Hall–Kier alpha value is -3.61. The van der Waals surface area contributed by atoms with Crippen LogP contribution in [0.4, 0.5) is 0 Å². The molecule has 4 aromatic rings. The molecule has 0 amide bonds. The fourth-order valence-electron chi connectivity index (χ4n) is 3.39. The molecule has 7 heteroatoms. The molecule has 0 aliphatic heterocycles. The Morgan fingerprint density at radius 3 is 2.43 bits per heavy atom. The van der Waals surface area contributed by atoms with Crippen LogP contribution < -0.4 is 16.0 Å². The molecule has 2 heterocycles. The standard InChI is InChI=1S/C21H20N4O3/c1-3-24-20(26)18-19(22-14-23(18)13-15-9-5-4-6-10-15)25(21(24)27)16-11-7-8-12-17(16)28-2/h4-12,14H,3,13H2,1-2H3. The maximum absolute atomic E-state index is 13.1. The SMILES string of the molecule is CCn1c(=O)c2c(ncn2Cc2ccccc2)n(-c2ccccc2OC)c1=O. The smallest absolute Gasteiger partial charge is 0.337 e. The molecule has 0 saturated heterocycles. The van der Waals surface area contributed by atoms with E-state index < -0.39 is 5.69 Å². The number of nitrogens with zero attached hydrogens (tertiary/aromatic N) is 4. The van der Waals surface area contributed by atoms with E-state index in [1.807, 2.05) is 42.5 Å². The van der Waals surface area contributed by atoms with E-state index in [0.29, 0.717) is 29.1 Å². The molecule has 0 bridgehead atoms. The summed E-state index contributed by atoms with van der Waals surface area (Å²) in [5.41, 5.74) is 1.51. The summed E-state index contributed by atoms with van der Waals surface area (Å²) in [6.07, 6.45) is 1.60. The number of imidazole rings is 1. The molecule has 2 aromatic carbocycles. The molecule has 142 valence electrons. The zero-order valence-corrected chi connectivity index (χ0v) is 15.7. The van der Waals surface area contributed by atoms with E-state index in [2.05, 4.69) is 4.98 Å². The van der Waals surface area contributed by atoms with Crippen molar-refractivity contribution in [3.8, 4) is 11.4 Å². The lowest BCUT2D eigenvalue weighted by molar-refractivity contribution is 0.412. The number of ether oxygens (including phenoxy) is 1. The first-order chi connectivity index (χ1) is 13.7. The average molecular weight is 376 g/mol. The lowest BCUT2D eigenvalue weighted by atomic mass is 10.2. The minimum Gasteiger partial charge on any atom is -0.495 e. The number of para-hydroxylation sites is 2. The Balaban J connectivity index is 2.04. The van der Waals surface area contributed by atoms with Crippen LogP contribution in [0, 0.1) is 0 Å². The first kappa shape index (κ1) is 17.8. The number of rotatable bonds is 5. The molecular weight excluding hydrogens is 356 g/mol. The van der Waals surface area contributed by atoms with Crippen LogP contribution in [-0.4, -0.2) is 25.8 Å². The largest absolute Gasteiger partial charge is 0.495 e. The van der Waals surface area contributed by atoms with Crippen LogP contribution >= 0.6 is 0 Å². The van der Waals surface area contributed by atoms with Crippen LogP contribution in [0.3, 0.4) is 0 Å². The predicted octanol–water partition coefficient (Wildman–Crippen LogP) is 2.43. The summed E-state index contributed by atoms with van der Waals surface area (Å²) >= 11 is 0. The molecule has 0 saturated carbocycles. The highest BCUT2D eigenvalue weighted by atomic mass is 16.5. The summed E-state index contributed by atoms with van der Waals surface area (Å²) in [4.78, 5) is 30.6. The van der Waals surface area contributed by atoms with Crippen molar-refractivity contribution in [2.75, 3.05) is 7.11 Å². The molecule has 4 rings (SSSR count). The monoisotopic (exact) mass is 376 g/mol. The molecule has 2 aromatic heterocycles. The van der Waals surface area contributed by atoms with Crippen LogP contribution in [-0.2, 0) is 13.1 Å². The van der Waals surface area contributed by atoms with E-state index in [-0.39, 0.29) is 12.1 Å². The summed E-state index contributed by atoms with van der Waals surface area (Å²) in [5, 5.41) is 0. The predicted molar refractivity (Wildman–Crippen MR) is 107 cm³/mol. The van der Waals surface area contributed by atoms with Gasteiger partial charge in [0, 0.05) is 13.1 Å². The van der Waals surface area contributed by atoms with Gasteiger partial charge in [-0.3, -0.25) is 9.36 Å². The minimum absolute atomic E-state index is 0.263. The molecule has 0 spiro atoms. The van der Waals surface area contributed by atoms with Gasteiger partial charge < -0.3 is 9.30 Å². The lowest BCUT2D eigenvalue weighted by Gasteiger charge is -2.14. The average Bonchev–Trinajstić information content (AvgIpc) is 3.13. The summed E-state index contributed by atoms with van der Waals surface area (Å²) in [7, 11) is 1.55. The quantitative estimate of drug-likeness (QED) is 0.536. The van der Waals surface area contributed by atoms with Crippen molar-refractivity contribution in [1.82, 2.24) is 18.7 Å². The Kier molecular flexibility index (Phi) is 4.57. The molecule has 0 radical (unpaired) electrons. The van der Waals surface area contributed by atoms with Crippen LogP contribution in [0.2, 0.25) is 0 Å². The van der Waals surface area contributed by atoms with E-state index in [1.54, 1.807) is 37.1 Å². The third-order valence-corrected chi connectivity index (χ3v) is 4.74. The van der Waals surface area contributed by atoms with E-state index >= 15 is 0 Å². The van der Waals surface area contributed by atoms with Gasteiger partial charge in [-0.15, -0.1) is 0 Å². The molecule has 28 heavy (non-hydrogen) atoms. The highest BCUT2D eigenvalue weighted by Gasteiger charge is 2.20. The van der Waals surface area contributed by atoms with E-state index in [0.717, 1.165) is 5.56 Å². The molecule has 0 aliphatic carbocycles. The molecule has 0 atom stereocenters. The molecular formula is C21H20N4O3. The van der Waals surface area contributed by atoms with Gasteiger partial charge in [-0.1, -0.05) is 42.5 Å². The number of benzene rings is 2. The third kappa shape index (κ3) is 2.81. The lowest BCUT2D eigenvalue weighted by Crippen LogP contribution is -2.39. The van der Waals surface area contributed by atoms with Gasteiger partial charge in [0.05, 0.1) is 19.1 Å². The van der Waals surface area contributed by atoms with Crippen LogP contribution in [0.5, 0.6) is 5.75 Å². The first-order valence-corrected chi connectivity index (χ1v) is 9.03. The Labute approximate surface area is 161 Å². The van der Waals surface area contributed by atoms with Gasteiger partial charge in [0.2, 0.25) is 0 Å². The number of fused-ring (bicyclic) bond motifs is 1. The topological polar surface area (TPSA) is 71.1 Å².